The van der Waals surface area contributed by atoms with Gasteiger partial charge in [0.15, 0.2) is 9.84 Å². The zero-order valence-corrected chi connectivity index (χ0v) is 12.9. The molecule has 1 N–H and O–H groups in total. The van der Waals surface area contributed by atoms with Crippen molar-refractivity contribution in [2.45, 2.75) is 24.3 Å². The van der Waals surface area contributed by atoms with Gasteiger partial charge in [-0.2, -0.15) is 0 Å². The Kier molecular flexibility index (Phi) is 6.91. The van der Waals surface area contributed by atoms with Crippen molar-refractivity contribution in [2.24, 2.45) is 0 Å². The first-order valence-corrected chi connectivity index (χ1v) is 8.56. The molecular weight excluding hydrogens is 274 g/mol. The van der Waals surface area contributed by atoms with Crippen LogP contribution in [0.4, 0.5) is 0 Å². The minimum Gasteiger partial charge on any atom is -0.380 e. The molecule has 20 heavy (non-hydrogen) atoms. The van der Waals surface area contributed by atoms with Crippen molar-refractivity contribution in [1.82, 2.24) is 5.32 Å². The van der Waals surface area contributed by atoms with Gasteiger partial charge in [0.05, 0.1) is 18.1 Å². The van der Waals surface area contributed by atoms with Crippen molar-refractivity contribution in [1.29, 1.82) is 0 Å². The number of nitrogens with one attached hydrogen (secondary N) is 1. The Hall–Kier alpha value is -1.17. The molecule has 1 unspecified atom stereocenters. The monoisotopic (exact) mass is 297 g/mol. The molecule has 0 bridgehead atoms. The minimum absolute atomic E-state index is 0.159. The Morgan fingerprint density at radius 3 is 2.50 bits per heavy atom. The molecule has 0 aliphatic heterocycles. The molecule has 0 fully saturated rings. The third-order valence-corrected chi connectivity index (χ3v) is 4.10. The van der Waals surface area contributed by atoms with Crippen LogP contribution in [0.25, 0.3) is 0 Å². The lowest BCUT2D eigenvalue weighted by atomic mass is 10.1. The number of hydrogen-bond acceptors (Lipinski definition) is 4. The average Bonchev–Trinajstić information content (AvgIpc) is 2.41. The fourth-order valence-electron chi connectivity index (χ4n) is 1.74. The summed E-state index contributed by atoms with van der Waals surface area (Å²) in [6.07, 6.45) is 3.91. The van der Waals surface area contributed by atoms with Crippen molar-refractivity contribution in [3.63, 3.8) is 0 Å². The standard InChI is InChI=1S/C15H23NO3S/c1-4-5-11-19-12-10-16-13(2)14-6-8-15(9-7-14)20(3,17)18/h4,6-9,13,16H,1,5,10-12H2,2-3H3. The Bertz CT molecular complexity index is 508. The summed E-state index contributed by atoms with van der Waals surface area (Å²) in [6, 6.07) is 7.12. The highest BCUT2D eigenvalue weighted by Gasteiger charge is 2.08. The van der Waals surface area contributed by atoms with E-state index in [1.54, 1.807) is 12.1 Å². The van der Waals surface area contributed by atoms with Crippen LogP contribution in [0, 0.1) is 0 Å². The molecule has 1 aromatic rings. The van der Waals surface area contributed by atoms with Crippen LogP contribution in [0.1, 0.15) is 24.9 Å². The maximum absolute atomic E-state index is 11.4. The summed E-state index contributed by atoms with van der Waals surface area (Å²) in [5.41, 5.74) is 1.06. The van der Waals surface area contributed by atoms with Gasteiger partial charge in [-0.05, 0) is 31.0 Å². The van der Waals surface area contributed by atoms with Gasteiger partial charge in [-0.15, -0.1) is 6.58 Å². The van der Waals surface area contributed by atoms with Gasteiger partial charge in [0, 0.05) is 18.8 Å². The van der Waals surface area contributed by atoms with Crippen LogP contribution in [0.2, 0.25) is 0 Å². The molecule has 1 rings (SSSR count). The average molecular weight is 297 g/mol. The summed E-state index contributed by atoms with van der Waals surface area (Å²) in [5, 5.41) is 3.33. The largest absolute Gasteiger partial charge is 0.380 e. The molecule has 1 atom stereocenters. The van der Waals surface area contributed by atoms with Crippen molar-refractivity contribution in [2.75, 3.05) is 26.0 Å². The summed E-state index contributed by atoms with van der Waals surface area (Å²) in [4.78, 5) is 0.348. The zero-order chi connectivity index (χ0) is 15.0. The van der Waals surface area contributed by atoms with E-state index in [-0.39, 0.29) is 6.04 Å². The predicted octanol–water partition coefficient (Wildman–Crippen LogP) is 2.33. The maximum atomic E-state index is 11.4. The van der Waals surface area contributed by atoms with E-state index in [2.05, 4.69) is 11.9 Å². The van der Waals surface area contributed by atoms with Crippen molar-refractivity contribution >= 4 is 9.84 Å². The van der Waals surface area contributed by atoms with E-state index in [0.717, 1.165) is 18.5 Å². The van der Waals surface area contributed by atoms with Crippen LogP contribution < -0.4 is 5.32 Å². The predicted molar refractivity (Wildman–Crippen MR) is 81.6 cm³/mol. The van der Waals surface area contributed by atoms with E-state index < -0.39 is 9.84 Å². The number of ether oxygens (including phenoxy) is 1. The summed E-state index contributed by atoms with van der Waals surface area (Å²) < 4.78 is 28.2. The fourth-order valence-corrected chi connectivity index (χ4v) is 2.37. The Balaban J connectivity index is 2.40. The second-order valence-electron chi connectivity index (χ2n) is 4.71. The van der Waals surface area contributed by atoms with Gasteiger partial charge in [0.25, 0.3) is 0 Å². The zero-order valence-electron chi connectivity index (χ0n) is 12.1. The fraction of sp³-hybridized carbons (Fsp3) is 0.467. The van der Waals surface area contributed by atoms with Gasteiger partial charge in [-0.25, -0.2) is 8.42 Å². The topological polar surface area (TPSA) is 55.4 Å². The summed E-state index contributed by atoms with van der Waals surface area (Å²) >= 11 is 0. The quantitative estimate of drug-likeness (QED) is 0.561. The lowest BCUT2D eigenvalue weighted by molar-refractivity contribution is 0.138. The van der Waals surface area contributed by atoms with Crippen LogP contribution in [0.3, 0.4) is 0 Å². The first-order chi connectivity index (χ1) is 9.45. The van der Waals surface area contributed by atoms with Crippen LogP contribution in [-0.2, 0) is 14.6 Å². The third kappa shape index (κ3) is 5.86. The number of sulfone groups is 1. The van der Waals surface area contributed by atoms with Crippen LogP contribution >= 0.6 is 0 Å². The van der Waals surface area contributed by atoms with Crippen LogP contribution in [0.5, 0.6) is 0 Å². The molecule has 5 heteroatoms. The molecule has 0 heterocycles. The molecule has 0 spiro atoms. The second kappa shape index (κ2) is 8.19. The molecule has 0 aliphatic carbocycles. The summed E-state index contributed by atoms with van der Waals surface area (Å²) in [7, 11) is -3.12. The smallest absolute Gasteiger partial charge is 0.175 e. The van der Waals surface area contributed by atoms with Gasteiger partial charge in [0.2, 0.25) is 0 Å². The lowest BCUT2D eigenvalue weighted by Gasteiger charge is -2.14. The molecule has 0 radical (unpaired) electrons. The maximum Gasteiger partial charge on any atom is 0.175 e. The van der Waals surface area contributed by atoms with Gasteiger partial charge < -0.3 is 10.1 Å². The van der Waals surface area contributed by atoms with E-state index in [4.69, 9.17) is 4.74 Å². The minimum atomic E-state index is -3.12. The first-order valence-electron chi connectivity index (χ1n) is 6.67. The van der Waals surface area contributed by atoms with Gasteiger partial charge >= 0.3 is 0 Å². The Labute approximate surface area is 121 Å². The SMILES string of the molecule is C=CCCOCCNC(C)c1ccc(S(C)(=O)=O)cc1. The van der Waals surface area contributed by atoms with Crippen LogP contribution in [0.15, 0.2) is 41.8 Å². The molecule has 1 aromatic carbocycles. The molecule has 0 aromatic heterocycles. The van der Waals surface area contributed by atoms with E-state index in [9.17, 15) is 8.42 Å². The number of rotatable bonds is 9. The Morgan fingerprint density at radius 2 is 1.95 bits per heavy atom. The highest BCUT2D eigenvalue weighted by Crippen LogP contribution is 2.15. The summed E-state index contributed by atoms with van der Waals surface area (Å²) in [6.45, 7) is 7.78. The molecule has 0 saturated carbocycles. The molecule has 0 aliphatic rings. The molecule has 0 saturated heterocycles. The number of benzene rings is 1. The van der Waals surface area contributed by atoms with Crippen molar-refractivity contribution in [3.05, 3.63) is 42.5 Å². The van der Waals surface area contributed by atoms with Gasteiger partial charge in [-0.1, -0.05) is 18.2 Å². The highest BCUT2D eigenvalue weighted by molar-refractivity contribution is 7.90. The van der Waals surface area contributed by atoms with E-state index in [0.29, 0.717) is 18.1 Å². The molecule has 4 nitrogen and oxygen atoms in total. The van der Waals surface area contributed by atoms with E-state index in [1.165, 1.54) is 6.26 Å². The van der Waals surface area contributed by atoms with Gasteiger partial charge in [-0.3, -0.25) is 0 Å². The summed E-state index contributed by atoms with van der Waals surface area (Å²) in [5.74, 6) is 0. The first kappa shape index (κ1) is 16.9. The lowest BCUT2D eigenvalue weighted by Crippen LogP contribution is -2.23. The molecule has 112 valence electrons. The highest BCUT2D eigenvalue weighted by atomic mass is 32.2. The molecule has 0 amide bonds. The van der Waals surface area contributed by atoms with Crippen LogP contribution in [-0.4, -0.2) is 34.4 Å². The van der Waals surface area contributed by atoms with E-state index in [1.807, 2.05) is 25.1 Å². The normalized spacial score (nSPS) is 13.1. The number of hydrogen-bond donors (Lipinski definition) is 1. The Morgan fingerprint density at radius 1 is 1.30 bits per heavy atom. The van der Waals surface area contributed by atoms with Crippen molar-refractivity contribution in [3.8, 4) is 0 Å². The third-order valence-electron chi connectivity index (χ3n) is 2.97. The van der Waals surface area contributed by atoms with Gasteiger partial charge in [0.1, 0.15) is 0 Å². The second-order valence-corrected chi connectivity index (χ2v) is 6.72. The van der Waals surface area contributed by atoms with E-state index >= 15 is 0 Å². The van der Waals surface area contributed by atoms with Crippen molar-refractivity contribution < 1.29 is 13.2 Å². The molecular formula is C15H23NO3S.